The lowest BCUT2D eigenvalue weighted by molar-refractivity contribution is 0.175. The number of hydrogen-bond acceptors (Lipinski definition) is 2. The van der Waals surface area contributed by atoms with Gasteiger partial charge in [0.2, 0.25) is 0 Å². The summed E-state index contributed by atoms with van der Waals surface area (Å²) in [5.74, 6) is 0. The van der Waals surface area contributed by atoms with E-state index in [0.29, 0.717) is 0 Å². The topological polar surface area (TPSA) is 21.3 Å². The Balaban J connectivity index is 2.65. The zero-order valence-corrected chi connectivity index (χ0v) is 8.56. The molecule has 2 nitrogen and oxygen atoms in total. The largest absolute Gasteiger partial charge is 0.501 e. The van der Waals surface area contributed by atoms with Crippen molar-refractivity contribution < 1.29 is 9.13 Å². The Morgan fingerprint density at radius 3 is 2.77 bits per heavy atom. The van der Waals surface area contributed by atoms with Crippen LogP contribution in [0, 0.1) is 0 Å². The van der Waals surface area contributed by atoms with E-state index in [9.17, 15) is 4.39 Å². The summed E-state index contributed by atoms with van der Waals surface area (Å²) in [5, 5.41) is 2.97. The van der Waals surface area contributed by atoms with Crippen LogP contribution in [-0.4, -0.2) is 25.4 Å². The van der Waals surface area contributed by atoms with Crippen molar-refractivity contribution in [2.75, 3.05) is 13.7 Å². The molecule has 0 aliphatic carbocycles. The van der Waals surface area contributed by atoms with Crippen LogP contribution in [0.4, 0.5) is 4.39 Å². The van der Waals surface area contributed by atoms with Gasteiger partial charge in [0.15, 0.2) is 0 Å². The van der Waals surface area contributed by atoms with E-state index < -0.39 is 11.7 Å². The standard InChI is InChI=1S/C10H18FNO/c1-10(2,12-3)9(11)8-5-4-6-13-7-8/h7,9,12H,4-6H2,1-3H3. The second kappa shape index (κ2) is 4.09. The molecule has 0 amide bonds. The molecule has 3 heteroatoms. The molecule has 1 heterocycles. The van der Waals surface area contributed by atoms with Crippen molar-refractivity contribution in [1.82, 2.24) is 5.32 Å². The smallest absolute Gasteiger partial charge is 0.142 e. The lowest BCUT2D eigenvalue weighted by atomic mass is 9.90. The van der Waals surface area contributed by atoms with Gasteiger partial charge < -0.3 is 10.1 Å². The number of rotatable bonds is 3. The second-order valence-electron chi connectivity index (χ2n) is 4.00. The van der Waals surface area contributed by atoms with Crippen molar-refractivity contribution in [3.63, 3.8) is 0 Å². The predicted molar refractivity (Wildman–Crippen MR) is 51.3 cm³/mol. The number of halogens is 1. The molecule has 1 rings (SSSR count). The summed E-state index contributed by atoms with van der Waals surface area (Å²) in [4.78, 5) is 0. The molecule has 0 bridgehead atoms. The van der Waals surface area contributed by atoms with Crippen molar-refractivity contribution in [1.29, 1.82) is 0 Å². The molecule has 0 spiro atoms. The maximum atomic E-state index is 13.9. The molecule has 0 aromatic heterocycles. The Hall–Kier alpha value is -0.570. The van der Waals surface area contributed by atoms with Crippen LogP contribution in [0.1, 0.15) is 26.7 Å². The van der Waals surface area contributed by atoms with Gasteiger partial charge in [0.25, 0.3) is 0 Å². The van der Waals surface area contributed by atoms with Gasteiger partial charge in [-0.05, 0) is 33.7 Å². The Kier molecular flexibility index (Phi) is 3.31. The minimum atomic E-state index is -0.960. The summed E-state index contributed by atoms with van der Waals surface area (Å²) in [7, 11) is 1.77. The van der Waals surface area contributed by atoms with E-state index in [-0.39, 0.29) is 0 Å². The number of nitrogens with one attached hydrogen (secondary N) is 1. The molecule has 0 saturated carbocycles. The van der Waals surface area contributed by atoms with Gasteiger partial charge in [-0.15, -0.1) is 0 Å². The van der Waals surface area contributed by atoms with Gasteiger partial charge in [-0.25, -0.2) is 4.39 Å². The molecule has 0 aromatic rings. The lowest BCUT2D eigenvalue weighted by Gasteiger charge is -2.31. The van der Waals surface area contributed by atoms with Gasteiger partial charge >= 0.3 is 0 Å². The average molecular weight is 187 g/mol. The van der Waals surface area contributed by atoms with Crippen LogP contribution in [0.15, 0.2) is 11.8 Å². The summed E-state index contributed by atoms with van der Waals surface area (Å²) in [6.07, 6.45) is 2.35. The Labute approximate surface area is 79.2 Å². The molecule has 13 heavy (non-hydrogen) atoms. The van der Waals surface area contributed by atoms with E-state index in [1.54, 1.807) is 13.3 Å². The summed E-state index contributed by atoms with van der Waals surface area (Å²) < 4.78 is 19.0. The highest BCUT2D eigenvalue weighted by atomic mass is 19.1. The predicted octanol–water partition coefficient (Wildman–Crippen LogP) is 2.02. The summed E-state index contributed by atoms with van der Waals surface area (Å²) in [6, 6.07) is 0. The van der Waals surface area contributed by atoms with Gasteiger partial charge in [-0.1, -0.05) is 0 Å². The molecule has 1 aliphatic rings. The molecule has 0 saturated heterocycles. The zero-order valence-electron chi connectivity index (χ0n) is 8.56. The third-order valence-electron chi connectivity index (χ3n) is 2.57. The number of alkyl halides is 1. The van der Waals surface area contributed by atoms with E-state index in [4.69, 9.17) is 4.74 Å². The van der Waals surface area contributed by atoms with Crippen LogP contribution in [0.5, 0.6) is 0 Å². The van der Waals surface area contributed by atoms with Crippen molar-refractivity contribution in [2.45, 2.75) is 38.4 Å². The summed E-state index contributed by atoms with van der Waals surface area (Å²) >= 11 is 0. The fourth-order valence-corrected chi connectivity index (χ4v) is 1.36. The Morgan fingerprint density at radius 1 is 1.62 bits per heavy atom. The molecule has 0 radical (unpaired) electrons. The van der Waals surface area contributed by atoms with E-state index in [1.807, 2.05) is 13.8 Å². The van der Waals surface area contributed by atoms with Gasteiger partial charge in [-0.3, -0.25) is 0 Å². The molecule has 1 unspecified atom stereocenters. The van der Waals surface area contributed by atoms with E-state index in [1.165, 1.54) is 0 Å². The van der Waals surface area contributed by atoms with Gasteiger partial charge in [0.05, 0.1) is 12.9 Å². The molecule has 76 valence electrons. The maximum absolute atomic E-state index is 13.9. The van der Waals surface area contributed by atoms with Gasteiger partial charge in [0.1, 0.15) is 6.17 Å². The van der Waals surface area contributed by atoms with Crippen molar-refractivity contribution >= 4 is 0 Å². The van der Waals surface area contributed by atoms with Crippen LogP contribution in [0.25, 0.3) is 0 Å². The molecule has 1 N–H and O–H groups in total. The van der Waals surface area contributed by atoms with Crippen molar-refractivity contribution in [3.05, 3.63) is 11.8 Å². The molecular weight excluding hydrogens is 169 g/mol. The first-order valence-corrected chi connectivity index (χ1v) is 4.71. The first kappa shape index (κ1) is 10.5. The average Bonchev–Trinajstić information content (AvgIpc) is 2.18. The van der Waals surface area contributed by atoms with E-state index >= 15 is 0 Å². The third-order valence-corrected chi connectivity index (χ3v) is 2.57. The zero-order chi connectivity index (χ0) is 9.90. The SMILES string of the molecule is CNC(C)(C)C(F)C1=COCCC1. The van der Waals surface area contributed by atoms with Crippen LogP contribution in [-0.2, 0) is 4.74 Å². The van der Waals surface area contributed by atoms with Gasteiger partial charge in [0, 0.05) is 11.1 Å². The Bertz CT molecular complexity index is 201. The third kappa shape index (κ3) is 2.44. The highest BCUT2D eigenvalue weighted by Crippen LogP contribution is 2.25. The molecular formula is C10H18FNO. The second-order valence-corrected chi connectivity index (χ2v) is 4.00. The maximum Gasteiger partial charge on any atom is 0.142 e. The highest BCUT2D eigenvalue weighted by Gasteiger charge is 2.31. The van der Waals surface area contributed by atoms with Crippen LogP contribution in [0.3, 0.4) is 0 Å². The number of ether oxygens (including phenoxy) is 1. The molecule has 1 atom stereocenters. The molecule has 1 aliphatic heterocycles. The fourth-order valence-electron chi connectivity index (χ4n) is 1.36. The van der Waals surface area contributed by atoms with Crippen LogP contribution < -0.4 is 5.32 Å². The first-order valence-electron chi connectivity index (χ1n) is 4.71. The molecule has 0 fully saturated rings. The monoisotopic (exact) mass is 187 g/mol. The number of hydrogen-bond donors (Lipinski definition) is 1. The fraction of sp³-hybridized carbons (Fsp3) is 0.800. The highest BCUT2D eigenvalue weighted by molar-refractivity contribution is 5.13. The minimum Gasteiger partial charge on any atom is -0.501 e. The summed E-state index contributed by atoms with van der Waals surface area (Å²) in [6.45, 7) is 4.43. The normalized spacial score (nSPS) is 20.5. The van der Waals surface area contributed by atoms with E-state index in [2.05, 4.69) is 5.32 Å². The molecule has 0 aromatic carbocycles. The van der Waals surface area contributed by atoms with E-state index in [0.717, 1.165) is 25.0 Å². The van der Waals surface area contributed by atoms with Crippen LogP contribution in [0.2, 0.25) is 0 Å². The van der Waals surface area contributed by atoms with Crippen molar-refractivity contribution in [3.8, 4) is 0 Å². The Morgan fingerprint density at radius 2 is 2.31 bits per heavy atom. The summed E-state index contributed by atoms with van der Waals surface area (Å²) in [5.41, 5.74) is 0.262. The lowest BCUT2D eigenvalue weighted by Crippen LogP contribution is -2.46. The van der Waals surface area contributed by atoms with Crippen molar-refractivity contribution in [2.24, 2.45) is 0 Å². The minimum absolute atomic E-state index is 0.507. The first-order chi connectivity index (χ1) is 6.08. The van der Waals surface area contributed by atoms with Crippen LogP contribution >= 0.6 is 0 Å². The quantitative estimate of drug-likeness (QED) is 0.729. The van der Waals surface area contributed by atoms with Gasteiger partial charge in [-0.2, -0.15) is 0 Å².